The third kappa shape index (κ3) is 3.29. The second-order valence-corrected chi connectivity index (χ2v) is 6.30. The average Bonchev–Trinajstić information content (AvgIpc) is 2.55. The van der Waals surface area contributed by atoms with Crippen LogP contribution < -0.4 is 10.3 Å². The van der Waals surface area contributed by atoms with Gasteiger partial charge in [0.1, 0.15) is 11.6 Å². The summed E-state index contributed by atoms with van der Waals surface area (Å²) in [5.74, 6) is 1.91. The van der Waals surface area contributed by atoms with E-state index in [2.05, 4.69) is 20.9 Å². The fourth-order valence-electron chi connectivity index (χ4n) is 2.98. The van der Waals surface area contributed by atoms with Crippen molar-refractivity contribution < 1.29 is 4.74 Å². The zero-order valence-corrected chi connectivity index (χ0v) is 13.9. The van der Waals surface area contributed by atoms with Crippen molar-refractivity contribution in [1.82, 2.24) is 14.9 Å². The summed E-state index contributed by atoms with van der Waals surface area (Å²) in [6.45, 7) is 6.39. The summed E-state index contributed by atoms with van der Waals surface area (Å²) in [5, 5.41) is 0. The zero-order chi connectivity index (χ0) is 16.4. The van der Waals surface area contributed by atoms with Crippen molar-refractivity contribution in [2.75, 3.05) is 13.7 Å². The molecule has 0 saturated carbocycles. The number of benzene rings is 1. The van der Waals surface area contributed by atoms with Gasteiger partial charge >= 0.3 is 0 Å². The molecule has 1 N–H and O–H groups in total. The highest BCUT2D eigenvalue weighted by Crippen LogP contribution is 2.22. The Balaban J connectivity index is 1.82. The van der Waals surface area contributed by atoms with Gasteiger partial charge in [-0.05, 0) is 6.07 Å². The van der Waals surface area contributed by atoms with Gasteiger partial charge in [-0.3, -0.25) is 9.69 Å². The van der Waals surface area contributed by atoms with Crippen LogP contribution in [0.5, 0.6) is 5.75 Å². The Hall–Kier alpha value is -2.14. The van der Waals surface area contributed by atoms with Crippen molar-refractivity contribution in [3.05, 3.63) is 57.3 Å². The normalized spacial score (nSPS) is 14.8. The molecule has 2 heterocycles. The lowest BCUT2D eigenvalue weighted by atomic mass is 10.0. The van der Waals surface area contributed by atoms with Crippen LogP contribution in [0.25, 0.3) is 0 Å². The first-order valence-electron chi connectivity index (χ1n) is 8.04. The quantitative estimate of drug-likeness (QED) is 0.942. The summed E-state index contributed by atoms with van der Waals surface area (Å²) in [6, 6.07) is 8.02. The minimum Gasteiger partial charge on any atom is -0.496 e. The first kappa shape index (κ1) is 15.7. The molecular weight excluding hydrogens is 290 g/mol. The number of hydrogen-bond donors (Lipinski definition) is 1. The topological polar surface area (TPSA) is 58.2 Å². The molecule has 0 atom stereocenters. The van der Waals surface area contributed by atoms with E-state index in [4.69, 9.17) is 4.74 Å². The molecule has 1 aromatic heterocycles. The van der Waals surface area contributed by atoms with E-state index >= 15 is 0 Å². The highest BCUT2D eigenvalue weighted by Gasteiger charge is 2.22. The lowest BCUT2D eigenvalue weighted by Crippen LogP contribution is -2.36. The summed E-state index contributed by atoms with van der Waals surface area (Å²) in [6.07, 6.45) is 0.814. The monoisotopic (exact) mass is 313 g/mol. The van der Waals surface area contributed by atoms with E-state index in [-0.39, 0.29) is 11.5 Å². The third-order valence-corrected chi connectivity index (χ3v) is 4.30. The number of hydrogen-bond acceptors (Lipinski definition) is 4. The van der Waals surface area contributed by atoms with Crippen LogP contribution in [0, 0.1) is 0 Å². The van der Waals surface area contributed by atoms with Crippen LogP contribution in [-0.2, 0) is 19.5 Å². The standard InChI is InChI=1S/C18H23N3O2/c1-12(2)17-19-15-8-9-21(11-14(15)18(22)20-17)10-13-6-4-5-7-16(13)23-3/h4-7,12H,8-11H2,1-3H3,(H,19,20,22). The lowest BCUT2D eigenvalue weighted by molar-refractivity contribution is 0.237. The number of H-pyrrole nitrogens is 1. The van der Waals surface area contributed by atoms with Crippen LogP contribution in [0.3, 0.4) is 0 Å². The van der Waals surface area contributed by atoms with Gasteiger partial charge in [-0.1, -0.05) is 32.0 Å². The van der Waals surface area contributed by atoms with E-state index in [1.807, 2.05) is 32.0 Å². The molecule has 5 nitrogen and oxygen atoms in total. The second-order valence-electron chi connectivity index (χ2n) is 6.30. The summed E-state index contributed by atoms with van der Waals surface area (Å²) < 4.78 is 5.42. The number of fused-ring (bicyclic) bond motifs is 1. The van der Waals surface area contributed by atoms with Gasteiger partial charge in [0.25, 0.3) is 5.56 Å². The molecule has 0 unspecified atom stereocenters. The van der Waals surface area contributed by atoms with E-state index in [0.717, 1.165) is 47.9 Å². The predicted octanol–water partition coefficient (Wildman–Crippen LogP) is 2.46. The molecule has 0 radical (unpaired) electrons. The summed E-state index contributed by atoms with van der Waals surface area (Å²) in [5.41, 5.74) is 2.90. The summed E-state index contributed by atoms with van der Waals surface area (Å²) in [7, 11) is 1.69. The highest BCUT2D eigenvalue weighted by molar-refractivity contribution is 5.33. The van der Waals surface area contributed by atoms with Crippen molar-refractivity contribution in [3.63, 3.8) is 0 Å². The molecule has 0 amide bonds. The largest absolute Gasteiger partial charge is 0.496 e. The Labute approximate surface area is 136 Å². The minimum atomic E-state index is 0.00317. The van der Waals surface area contributed by atoms with E-state index in [1.165, 1.54) is 0 Å². The van der Waals surface area contributed by atoms with Crippen molar-refractivity contribution in [1.29, 1.82) is 0 Å². The number of methoxy groups -OCH3 is 1. The number of aromatic nitrogens is 2. The van der Waals surface area contributed by atoms with Crippen molar-refractivity contribution >= 4 is 0 Å². The Morgan fingerprint density at radius 1 is 1.35 bits per heavy atom. The predicted molar refractivity (Wildman–Crippen MR) is 89.8 cm³/mol. The number of rotatable bonds is 4. The number of ether oxygens (including phenoxy) is 1. The van der Waals surface area contributed by atoms with Crippen molar-refractivity contribution in [2.45, 2.75) is 39.3 Å². The fourth-order valence-corrected chi connectivity index (χ4v) is 2.98. The molecule has 0 aliphatic carbocycles. The third-order valence-electron chi connectivity index (χ3n) is 4.30. The molecule has 0 bridgehead atoms. The van der Waals surface area contributed by atoms with Gasteiger partial charge in [-0.15, -0.1) is 0 Å². The molecule has 1 aliphatic rings. The van der Waals surface area contributed by atoms with Gasteiger partial charge < -0.3 is 9.72 Å². The Morgan fingerprint density at radius 2 is 2.13 bits per heavy atom. The highest BCUT2D eigenvalue weighted by atomic mass is 16.5. The van der Waals surface area contributed by atoms with Crippen LogP contribution in [0.4, 0.5) is 0 Å². The van der Waals surface area contributed by atoms with Crippen molar-refractivity contribution in [3.8, 4) is 5.75 Å². The molecule has 3 rings (SSSR count). The van der Waals surface area contributed by atoms with Gasteiger partial charge in [0.15, 0.2) is 0 Å². The van der Waals surface area contributed by atoms with Crippen molar-refractivity contribution in [2.24, 2.45) is 0 Å². The van der Waals surface area contributed by atoms with Gasteiger partial charge in [0.05, 0.1) is 18.4 Å². The smallest absolute Gasteiger partial charge is 0.255 e. The molecule has 2 aromatic rings. The first-order chi connectivity index (χ1) is 11.1. The SMILES string of the molecule is COc1ccccc1CN1CCc2nc(C(C)C)[nH]c(=O)c2C1. The van der Waals surface area contributed by atoms with Crippen LogP contribution in [0.2, 0.25) is 0 Å². The maximum absolute atomic E-state index is 12.4. The number of aromatic amines is 1. The summed E-state index contributed by atoms with van der Waals surface area (Å²) >= 11 is 0. The van der Waals surface area contributed by atoms with Crippen LogP contribution in [0.15, 0.2) is 29.1 Å². The maximum atomic E-state index is 12.4. The van der Waals surface area contributed by atoms with Gasteiger partial charge in [-0.2, -0.15) is 0 Å². The number of nitrogens with one attached hydrogen (secondary N) is 1. The van der Waals surface area contributed by atoms with E-state index in [9.17, 15) is 4.79 Å². The Bertz CT molecular complexity index is 752. The van der Waals surface area contributed by atoms with Crippen LogP contribution >= 0.6 is 0 Å². The molecular formula is C18H23N3O2. The molecule has 0 spiro atoms. The van der Waals surface area contributed by atoms with Crippen LogP contribution in [-0.4, -0.2) is 28.5 Å². The molecule has 23 heavy (non-hydrogen) atoms. The zero-order valence-electron chi connectivity index (χ0n) is 13.9. The van der Waals surface area contributed by atoms with Gasteiger partial charge in [0.2, 0.25) is 0 Å². The first-order valence-corrected chi connectivity index (χ1v) is 8.04. The molecule has 5 heteroatoms. The van der Waals surface area contributed by atoms with Gasteiger partial charge in [-0.25, -0.2) is 4.98 Å². The molecule has 1 aromatic carbocycles. The molecule has 1 aliphatic heterocycles. The Morgan fingerprint density at radius 3 is 2.87 bits per heavy atom. The molecule has 122 valence electrons. The van der Waals surface area contributed by atoms with Gasteiger partial charge in [0, 0.05) is 37.5 Å². The lowest BCUT2D eigenvalue weighted by Gasteiger charge is -2.28. The van der Waals surface area contributed by atoms with E-state index in [0.29, 0.717) is 6.54 Å². The summed E-state index contributed by atoms with van der Waals surface area (Å²) in [4.78, 5) is 22.2. The van der Waals surface area contributed by atoms with E-state index < -0.39 is 0 Å². The second kappa shape index (κ2) is 6.54. The molecule has 0 fully saturated rings. The maximum Gasteiger partial charge on any atom is 0.255 e. The molecule has 0 saturated heterocycles. The van der Waals surface area contributed by atoms with E-state index in [1.54, 1.807) is 7.11 Å². The average molecular weight is 313 g/mol. The fraction of sp³-hybridized carbons (Fsp3) is 0.444. The minimum absolute atomic E-state index is 0.00317. The Kier molecular flexibility index (Phi) is 4.48. The van der Waals surface area contributed by atoms with Crippen LogP contribution in [0.1, 0.15) is 42.4 Å². The number of nitrogens with zero attached hydrogens (tertiary/aromatic N) is 2. The number of para-hydroxylation sites is 1.